The molecule has 3 rings (SSSR count). The third-order valence-electron chi connectivity index (χ3n) is 3.50. The number of aryl methyl sites for hydroxylation is 1. The zero-order chi connectivity index (χ0) is 18.5. The van der Waals surface area contributed by atoms with E-state index in [2.05, 4.69) is 10.1 Å². The lowest BCUT2D eigenvalue weighted by Gasteiger charge is -2.01. The number of Topliss-reactive ketones (excluding diaryl/α,β-unsaturated/α-hetero) is 1. The maximum absolute atomic E-state index is 12.0. The van der Waals surface area contributed by atoms with Crippen molar-refractivity contribution in [2.24, 2.45) is 0 Å². The van der Waals surface area contributed by atoms with E-state index in [1.165, 1.54) is 11.3 Å². The summed E-state index contributed by atoms with van der Waals surface area (Å²) in [6, 6.07) is 10.6. The van der Waals surface area contributed by atoms with E-state index >= 15 is 0 Å². The smallest absolute Gasteiger partial charge is 0.306 e. The highest BCUT2D eigenvalue weighted by Gasteiger charge is 2.14. The summed E-state index contributed by atoms with van der Waals surface area (Å²) >= 11 is 7.25. The normalized spacial score (nSPS) is 10.7. The Kier molecular flexibility index (Phi) is 5.80. The Labute approximate surface area is 158 Å². The number of hydrogen-bond donors (Lipinski definition) is 0. The molecule has 0 atom stereocenters. The second-order valence-electron chi connectivity index (χ2n) is 5.51. The standard InChI is InChI=1S/C18H15ClN2O4S/c1-11-2-8-15(26-11)14(22)7-9-17(23)24-10-16-20-18(21-25-16)12-3-5-13(19)6-4-12/h2-6,8H,7,9-10H2,1H3. The molecule has 0 radical (unpaired) electrons. The lowest BCUT2D eigenvalue weighted by molar-refractivity contribution is -0.145. The van der Waals surface area contributed by atoms with Crippen molar-refractivity contribution < 1.29 is 18.8 Å². The molecule has 6 nitrogen and oxygen atoms in total. The average molecular weight is 391 g/mol. The van der Waals surface area contributed by atoms with Crippen molar-refractivity contribution in [3.63, 3.8) is 0 Å². The molecule has 26 heavy (non-hydrogen) atoms. The molecule has 0 amide bonds. The summed E-state index contributed by atoms with van der Waals surface area (Å²) in [6.45, 7) is 1.80. The van der Waals surface area contributed by atoms with Gasteiger partial charge in [0.05, 0.1) is 11.3 Å². The highest BCUT2D eigenvalue weighted by atomic mass is 35.5. The van der Waals surface area contributed by atoms with Crippen molar-refractivity contribution in [1.82, 2.24) is 10.1 Å². The molecule has 0 N–H and O–H groups in total. The van der Waals surface area contributed by atoms with Gasteiger partial charge in [-0.25, -0.2) is 0 Å². The molecule has 2 aromatic heterocycles. The Morgan fingerprint density at radius 1 is 1.15 bits per heavy atom. The molecule has 0 saturated heterocycles. The number of carbonyl (C=O) groups excluding carboxylic acids is 2. The molecular weight excluding hydrogens is 376 g/mol. The molecule has 0 aliphatic rings. The van der Waals surface area contributed by atoms with Gasteiger partial charge in [0.25, 0.3) is 5.89 Å². The van der Waals surface area contributed by atoms with Gasteiger partial charge in [-0.2, -0.15) is 4.98 Å². The van der Waals surface area contributed by atoms with E-state index in [-0.39, 0.29) is 31.1 Å². The van der Waals surface area contributed by atoms with Crippen LogP contribution in [0.25, 0.3) is 11.4 Å². The molecule has 0 aliphatic carbocycles. The van der Waals surface area contributed by atoms with E-state index in [1.54, 1.807) is 30.3 Å². The minimum absolute atomic E-state index is 0.00790. The molecule has 0 bridgehead atoms. The first-order valence-electron chi connectivity index (χ1n) is 7.85. The number of ketones is 1. The van der Waals surface area contributed by atoms with Crippen LogP contribution in [0.15, 0.2) is 40.9 Å². The number of aromatic nitrogens is 2. The molecule has 2 heterocycles. The molecule has 8 heteroatoms. The first-order valence-corrected chi connectivity index (χ1v) is 9.04. The highest BCUT2D eigenvalue weighted by Crippen LogP contribution is 2.19. The Hall–Kier alpha value is -2.51. The third-order valence-corrected chi connectivity index (χ3v) is 4.79. The quantitative estimate of drug-likeness (QED) is 0.437. The first kappa shape index (κ1) is 18.3. The Morgan fingerprint density at radius 3 is 2.62 bits per heavy atom. The van der Waals surface area contributed by atoms with Gasteiger partial charge in [0.1, 0.15) is 0 Å². The van der Waals surface area contributed by atoms with Gasteiger partial charge in [-0.05, 0) is 43.3 Å². The van der Waals surface area contributed by atoms with Gasteiger partial charge >= 0.3 is 5.97 Å². The van der Waals surface area contributed by atoms with E-state index in [1.807, 2.05) is 13.0 Å². The number of halogens is 1. The maximum Gasteiger partial charge on any atom is 0.306 e. The number of thiophene rings is 1. The van der Waals surface area contributed by atoms with Crippen molar-refractivity contribution in [2.45, 2.75) is 26.4 Å². The molecular formula is C18H15ClN2O4S. The van der Waals surface area contributed by atoms with Gasteiger partial charge in [-0.15, -0.1) is 11.3 Å². The van der Waals surface area contributed by atoms with Crippen LogP contribution in [-0.2, 0) is 16.1 Å². The number of ether oxygens (including phenoxy) is 1. The number of hydrogen-bond acceptors (Lipinski definition) is 7. The van der Waals surface area contributed by atoms with Crippen LogP contribution in [0.4, 0.5) is 0 Å². The molecule has 3 aromatic rings. The fourth-order valence-corrected chi connectivity index (χ4v) is 3.13. The summed E-state index contributed by atoms with van der Waals surface area (Å²) in [6.07, 6.45) is 0.118. The van der Waals surface area contributed by atoms with Gasteiger partial charge < -0.3 is 9.26 Å². The van der Waals surface area contributed by atoms with Crippen molar-refractivity contribution in [2.75, 3.05) is 0 Å². The number of benzene rings is 1. The maximum atomic E-state index is 12.0. The van der Waals surface area contributed by atoms with Crippen LogP contribution in [0.3, 0.4) is 0 Å². The van der Waals surface area contributed by atoms with Gasteiger partial charge in [-0.1, -0.05) is 16.8 Å². The van der Waals surface area contributed by atoms with Gasteiger partial charge in [-0.3, -0.25) is 9.59 Å². The predicted molar refractivity (Wildman–Crippen MR) is 97.2 cm³/mol. The summed E-state index contributed by atoms with van der Waals surface area (Å²) in [5.41, 5.74) is 0.743. The van der Waals surface area contributed by atoms with Crippen LogP contribution in [0.2, 0.25) is 5.02 Å². The molecule has 0 saturated carbocycles. The SMILES string of the molecule is Cc1ccc(C(=O)CCC(=O)OCc2nc(-c3ccc(Cl)cc3)no2)s1. The summed E-state index contributed by atoms with van der Waals surface area (Å²) in [4.78, 5) is 29.6. The van der Waals surface area contributed by atoms with Gasteiger partial charge in [0.2, 0.25) is 5.82 Å². The molecule has 1 aromatic carbocycles. The van der Waals surface area contributed by atoms with Crippen LogP contribution < -0.4 is 0 Å². The second kappa shape index (κ2) is 8.25. The fourth-order valence-electron chi connectivity index (χ4n) is 2.17. The molecule has 0 fully saturated rings. The van der Waals surface area contributed by atoms with E-state index in [4.69, 9.17) is 20.9 Å². The first-order chi connectivity index (χ1) is 12.5. The zero-order valence-corrected chi connectivity index (χ0v) is 15.5. The topological polar surface area (TPSA) is 82.3 Å². The minimum Gasteiger partial charge on any atom is -0.456 e. The van der Waals surface area contributed by atoms with Gasteiger partial charge in [0.15, 0.2) is 12.4 Å². The predicted octanol–water partition coefficient (Wildman–Crippen LogP) is 4.47. The van der Waals surface area contributed by atoms with Crippen LogP contribution in [-0.4, -0.2) is 21.9 Å². The lowest BCUT2D eigenvalue weighted by atomic mass is 10.2. The monoisotopic (exact) mass is 390 g/mol. The second-order valence-corrected chi connectivity index (χ2v) is 7.24. The Morgan fingerprint density at radius 2 is 1.92 bits per heavy atom. The van der Waals surface area contributed by atoms with Gasteiger partial charge in [0, 0.05) is 21.9 Å². The van der Waals surface area contributed by atoms with Crippen molar-refractivity contribution in [1.29, 1.82) is 0 Å². The Bertz CT molecular complexity index is 917. The van der Waals surface area contributed by atoms with Crippen LogP contribution in [0.1, 0.15) is 33.3 Å². The van der Waals surface area contributed by atoms with Crippen LogP contribution in [0, 0.1) is 6.92 Å². The van der Waals surface area contributed by atoms with Crippen LogP contribution in [0.5, 0.6) is 0 Å². The number of rotatable bonds is 7. The van der Waals surface area contributed by atoms with Crippen molar-refractivity contribution in [3.05, 3.63) is 57.1 Å². The van der Waals surface area contributed by atoms with Crippen LogP contribution >= 0.6 is 22.9 Å². The van der Waals surface area contributed by atoms with E-state index in [0.717, 1.165) is 10.4 Å². The fraction of sp³-hybridized carbons (Fsp3) is 0.222. The third kappa shape index (κ3) is 4.77. The molecule has 0 spiro atoms. The number of carbonyl (C=O) groups is 2. The Balaban J connectivity index is 1.47. The summed E-state index contributed by atoms with van der Waals surface area (Å²) in [5, 5.41) is 4.45. The number of nitrogens with zero attached hydrogens (tertiary/aromatic N) is 2. The largest absolute Gasteiger partial charge is 0.456 e. The van der Waals surface area contributed by atoms with Crippen molar-refractivity contribution >= 4 is 34.7 Å². The van der Waals surface area contributed by atoms with E-state index in [9.17, 15) is 9.59 Å². The zero-order valence-electron chi connectivity index (χ0n) is 13.9. The molecule has 134 valence electrons. The lowest BCUT2D eigenvalue weighted by Crippen LogP contribution is -2.07. The van der Waals surface area contributed by atoms with E-state index < -0.39 is 5.97 Å². The van der Waals surface area contributed by atoms with Crippen molar-refractivity contribution in [3.8, 4) is 11.4 Å². The number of esters is 1. The molecule has 0 unspecified atom stereocenters. The highest BCUT2D eigenvalue weighted by molar-refractivity contribution is 7.14. The summed E-state index contributed by atoms with van der Waals surface area (Å²) < 4.78 is 10.1. The molecule has 0 aliphatic heterocycles. The summed E-state index contributed by atoms with van der Waals surface area (Å²) in [7, 11) is 0. The summed E-state index contributed by atoms with van der Waals surface area (Å²) in [5.74, 6) is 0.0141. The minimum atomic E-state index is -0.488. The van der Waals surface area contributed by atoms with E-state index in [0.29, 0.717) is 15.7 Å². The average Bonchev–Trinajstić information content (AvgIpc) is 3.27.